The van der Waals surface area contributed by atoms with E-state index in [0.717, 1.165) is 24.0 Å². The van der Waals surface area contributed by atoms with E-state index in [1.165, 1.54) is 19.4 Å². The molecule has 0 N–H and O–H groups in total. The van der Waals surface area contributed by atoms with Crippen LogP contribution < -0.4 is 9.47 Å². The molecule has 0 aliphatic carbocycles. The summed E-state index contributed by atoms with van der Waals surface area (Å²) in [5.74, 6) is 0.502. The smallest absolute Gasteiger partial charge is 0.308 e. The van der Waals surface area contributed by atoms with Gasteiger partial charge in [0.1, 0.15) is 11.5 Å². The molecule has 0 aromatic heterocycles. The van der Waals surface area contributed by atoms with Crippen molar-refractivity contribution in [2.45, 2.75) is 60.3 Å². The van der Waals surface area contributed by atoms with Crippen molar-refractivity contribution in [1.82, 2.24) is 0 Å². The van der Waals surface area contributed by atoms with Crippen LogP contribution >= 0.6 is 0 Å². The van der Waals surface area contributed by atoms with Gasteiger partial charge in [0.25, 0.3) is 0 Å². The Morgan fingerprint density at radius 3 is 2.13 bits per heavy atom. The molecule has 0 radical (unpaired) electrons. The number of aryl methyl sites for hydroxylation is 1. The third-order valence-electron chi connectivity index (χ3n) is 3.50. The summed E-state index contributed by atoms with van der Waals surface area (Å²) in [5, 5.41) is 0. The van der Waals surface area contributed by atoms with Gasteiger partial charge in [0, 0.05) is 19.4 Å². The molecule has 0 bridgehead atoms. The van der Waals surface area contributed by atoms with Gasteiger partial charge in [-0.3, -0.25) is 9.59 Å². The number of carbonyl (C=O) groups excluding carboxylic acids is 2. The highest BCUT2D eigenvalue weighted by Gasteiger charge is 2.17. The Balaban J connectivity index is 3.14. The zero-order valence-electron chi connectivity index (χ0n) is 14.9. The maximum atomic E-state index is 11.3. The third kappa shape index (κ3) is 6.27. The zero-order valence-corrected chi connectivity index (χ0v) is 14.9. The highest BCUT2D eigenvalue weighted by Crippen LogP contribution is 2.35. The number of ether oxygens (including phenoxy) is 2. The van der Waals surface area contributed by atoms with E-state index in [1.54, 1.807) is 6.07 Å². The van der Waals surface area contributed by atoms with Gasteiger partial charge in [0.05, 0.1) is 0 Å². The van der Waals surface area contributed by atoms with Crippen LogP contribution in [-0.2, 0) is 9.59 Å². The van der Waals surface area contributed by atoms with Crippen LogP contribution in [0.5, 0.6) is 11.5 Å². The van der Waals surface area contributed by atoms with Gasteiger partial charge in [-0.25, -0.2) is 0 Å². The highest BCUT2D eigenvalue weighted by atomic mass is 16.5. The summed E-state index contributed by atoms with van der Waals surface area (Å²) in [4.78, 5) is 22.6. The predicted molar refractivity (Wildman–Crippen MR) is 90.9 cm³/mol. The first kappa shape index (κ1) is 18.9. The fraction of sp³-hybridized carbons (Fsp3) is 0.474. The molecule has 1 unspecified atom stereocenters. The van der Waals surface area contributed by atoms with Gasteiger partial charge < -0.3 is 9.47 Å². The molecule has 1 aromatic carbocycles. The van der Waals surface area contributed by atoms with Gasteiger partial charge in [-0.1, -0.05) is 18.6 Å². The highest BCUT2D eigenvalue weighted by molar-refractivity contribution is 5.72. The molecule has 0 saturated heterocycles. The summed E-state index contributed by atoms with van der Waals surface area (Å²) in [7, 11) is 0. The molecule has 0 aliphatic heterocycles. The Morgan fingerprint density at radius 1 is 1.04 bits per heavy atom. The molecule has 1 aromatic rings. The maximum absolute atomic E-state index is 11.3. The monoisotopic (exact) mass is 318 g/mol. The number of carbonyl (C=O) groups is 2. The van der Waals surface area contributed by atoms with Crippen LogP contribution in [0.4, 0.5) is 0 Å². The number of allylic oxidation sites excluding steroid dienone is 2. The second-order valence-electron chi connectivity index (χ2n) is 6.10. The molecular formula is C19H26O4. The average Bonchev–Trinajstić information content (AvgIpc) is 2.40. The van der Waals surface area contributed by atoms with E-state index in [2.05, 4.69) is 26.8 Å². The lowest BCUT2D eigenvalue weighted by Crippen LogP contribution is -2.09. The Hall–Kier alpha value is -2.10. The summed E-state index contributed by atoms with van der Waals surface area (Å²) in [5.41, 5.74) is 2.92. The summed E-state index contributed by atoms with van der Waals surface area (Å²) in [6.07, 6.45) is 4.05. The normalized spacial score (nSPS) is 11.6. The van der Waals surface area contributed by atoms with Crippen LogP contribution in [0.15, 0.2) is 23.8 Å². The van der Waals surface area contributed by atoms with E-state index in [1.807, 2.05) is 13.0 Å². The van der Waals surface area contributed by atoms with Crippen LogP contribution in [0.1, 0.15) is 64.5 Å². The molecule has 23 heavy (non-hydrogen) atoms. The fourth-order valence-corrected chi connectivity index (χ4v) is 2.35. The molecule has 126 valence electrons. The largest absolute Gasteiger partial charge is 0.426 e. The van der Waals surface area contributed by atoms with Crippen LogP contribution in [0.3, 0.4) is 0 Å². The lowest BCUT2D eigenvalue weighted by atomic mass is 9.93. The second kappa shape index (κ2) is 8.51. The summed E-state index contributed by atoms with van der Waals surface area (Å²) >= 11 is 0. The Labute approximate surface area is 138 Å². The molecular weight excluding hydrogens is 292 g/mol. The molecule has 0 spiro atoms. The third-order valence-corrected chi connectivity index (χ3v) is 3.50. The first-order valence-corrected chi connectivity index (χ1v) is 7.85. The van der Waals surface area contributed by atoms with Gasteiger partial charge in [-0.05, 0) is 57.2 Å². The van der Waals surface area contributed by atoms with Gasteiger partial charge in [-0.15, -0.1) is 0 Å². The zero-order chi connectivity index (χ0) is 17.6. The van der Waals surface area contributed by atoms with Crippen LogP contribution in [0.2, 0.25) is 0 Å². The quantitative estimate of drug-likeness (QED) is 0.433. The number of hydrogen-bond donors (Lipinski definition) is 0. The molecule has 4 nitrogen and oxygen atoms in total. The van der Waals surface area contributed by atoms with E-state index in [9.17, 15) is 9.59 Å². The van der Waals surface area contributed by atoms with Crippen LogP contribution in [0.25, 0.3) is 0 Å². The average molecular weight is 318 g/mol. The minimum atomic E-state index is -0.364. The molecule has 0 saturated carbocycles. The topological polar surface area (TPSA) is 52.6 Å². The fourth-order valence-electron chi connectivity index (χ4n) is 2.35. The minimum Gasteiger partial charge on any atom is -0.426 e. The van der Waals surface area contributed by atoms with Crippen LogP contribution in [-0.4, -0.2) is 11.9 Å². The molecule has 0 fully saturated rings. The number of hydrogen-bond acceptors (Lipinski definition) is 4. The number of benzene rings is 1. The van der Waals surface area contributed by atoms with Crippen molar-refractivity contribution in [3.8, 4) is 11.5 Å². The minimum absolute atomic E-state index is 0.176. The van der Waals surface area contributed by atoms with Crippen LogP contribution in [0, 0.1) is 6.92 Å². The SMILES string of the molecule is CC(=O)Oc1cc(C(C)CCC=C(C)C)c(OC(C)=O)cc1C. The van der Waals surface area contributed by atoms with Crippen molar-refractivity contribution in [1.29, 1.82) is 0 Å². The second-order valence-corrected chi connectivity index (χ2v) is 6.10. The van der Waals surface area contributed by atoms with Crippen molar-refractivity contribution in [2.75, 3.05) is 0 Å². The first-order valence-electron chi connectivity index (χ1n) is 7.85. The lowest BCUT2D eigenvalue weighted by Gasteiger charge is -2.18. The van der Waals surface area contributed by atoms with Gasteiger partial charge >= 0.3 is 11.9 Å². The van der Waals surface area contributed by atoms with E-state index in [4.69, 9.17) is 9.47 Å². The van der Waals surface area contributed by atoms with Crippen molar-refractivity contribution < 1.29 is 19.1 Å². The van der Waals surface area contributed by atoms with E-state index >= 15 is 0 Å². The molecule has 0 amide bonds. The summed E-state index contributed by atoms with van der Waals surface area (Å²) < 4.78 is 10.6. The summed E-state index contributed by atoms with van der Waals surface area (Å²) in [6, 6.07) is 3.56. The van der Waals surface area contributed by atoms with E-state index in [-0.39, 0.29) is 17.9 Å². The Morgan fingerprint density at radius 2 is 1.61 bits per heavy atom. The predicted octanol–water partition coefficient (Wildman–Crippen LogP) is 4.70. The molecule has 1 rings (SSSR count). The van der Waals surface area contributed by atoms with Crippen molar-refractivity contribution >= 4 is 11.9 Å². The van der Waals surface area contributed by atoms with Gasteiger partial charge in [-0.2, -0.15) is 0 Å². The van der Waals surface area contributed by atoms with E-state index in [0.29, 0.717) is 11.5 Å². The van der Waals surface area contributed by atoms with Crippen molar-refractivity contribution in [3.05, 3.63) is 34.9 Å². The standard InChI is InChI=1S/C19H26O4/c1-12(2)8-7-9-13(3)17-11-18(22-15(5)20)14(4)10-19(17)23-16(6)21/h8,10-11,13H,7,9H2,1-6H3. The summed E-state index contributed by atoms with van der Waals surface area (Å²) in [6.45, 7) is 10.8. The van der Waals surface area contributed by atoms with Gasteiger partial charge in [0.15, 0.2) is 0 Å². The number of esters is 2. The lowest BCUT2D eigenvalue weighted by molar-refractivity contribution is -0.133. The van der Waals surface area contributed by atoms with Crippen molar-refractivity contribution in [3.63, 3.8) is 0 Å². The number of rotatable bonds is 6. The molecule has 0 heterocycles. The first-order chi connectivity index (χ1) is 10.7. The molecule has 4 heteroatoms. The molecule has 1 atom stereocenters. The Kier molecular flexibility index (Phi) is 7.01. The van der Waals surface area contributed by atoms with Gasteiger partial charge in [0.2, 0.25) is 0 Å². The maximum Gasteiger partial charge on any atom is 0.308 e. The Bertz CT molecular complexity index is 610. The van der Waals surface area contributed by atoms with Crippen molar-refractivity contribution in [2.24, 2.45) is 0 Å². The van der Waals surface area contributed by atoms with E-state index < -0.39 is 0 Å². The molecule has 0 aliphatic rings.